The Labute approximate surface area is 130 Å². The van der Waals surface area contributed by atoms with Gasteiger partial charge in [0, 0.05) is 31.5 Å². The Balaban J connectivity index is 1.96. The van der Waals surface area contributed by atoms with Crippen molar-refractivity contribution in [2.75, 3.05) is 24.5 Å². The van der Waals surface area contributed by atoms with E-state index in [0.29, 0.717) is 0 Å². The Morgan fingerprint density at radius 3 is 2.95 bits per heavy atom. The van der Waals surface area contributed by atoms with Gasteiger partial charge in [0.05, 0.1) is 5.69 Å². The number of hydrogen-bond acceptors (Lipinski definition) is 3. The first-order valence-corrected chi connectivity index (χ1v) is 8.61. The van der Waals surface area contributed by atoms with Gasteiger partial charge in [-0.25, -0.2) is 0 Å². The van der Waals surface area contributed by atoms with E-state index in [0.717, 1.165) is 30.6 Å². The summed E-state index contributed by atoms with van der Waals surface area (Å²) >= 11 is 0. The average molecular weight is 289 g/mol. The maximum Gasteiger partial charge on any atom is 0.0562 e. The van der Waals surface area contributed by atoms with E-state index in [-0.39, 0.29) is 0 Å². The van der Waals surface area contributed by atoms with Crippen LogP contribution in [0.1, 0.15) is 52.1 Å². The van der Waals surface area contributed by atoms with Gasteiger partial charge in [0.2, 0.25) is 0 Å². The van der Waals surface area contributed by atoms with Crippen LogP contribution < -0.4 is 10.2 Å². The average Bonchev–Trinajstić information content (AvgIpc) is 2.74. The van der Waals surface area contributed by atoms with Gasteiger partial charge in [-0.05, 0) is 56.2 Å². The van der Waals surface area contributed by atoms with E-state index in [1.165, 1.54) is 44.5 Å². The molecule has 1 aromatic rings. The molecule has 0 saturated carbocycles. The molecule has 3 nitrogen and oxygen atoms in total. The van der Waals surface area contributed by atoms with Crippen molar-refractivity contribution in [1.82, 2.24) is 10.3 Å². The molecule has 0 aliphatic carbocycles. The second-order valence-corrected chi connectivity index (χ2v) is 6.60. The van der Waals surface area contributed by atoms with Crippen molar-refractivity contribution in [1.29, 1.82) is 0 Å². The van der Waals surface area contributed by atoms with E-state index in [4.69, 9.17) is 0 Å². The summed E-state index contributed by atoms with van der Waals surface area (Å²) in [4.78, 5) is 7.03. The van der Waals surface area contributed by atoms with Crippen LogP contribution in [0, 0.1) is 11.8 Å². The molecule has 0 aromatic carbocycles. The Bertz CT molecular complexity index is 417. The van der Waals surface area contributed by atoms with Crippen molar-refractivity contribution in [3.8, 4) is 0 Å². The molecular formula is C18H31N3. The third-order valence-corrected chi connectivity index (χ3v) is 4.61. The topological polar surface area (TPSA) is 28.2 Å². The third-order valence-electron chi connectivity index (χ3n) is 4.61. The number of nitrogens with one attached hydrogen (secondary N) is 1. The van der Waals surface area contributed by atoms with Gasteiger partial charge in [-0.15, -0.1) is 0 Å². The van der Waals surface area contributed by atoms with Crippen LogP contribution in [-0.4, -0.2) is 24.6 Å². The summed E-state index contributed by atoms with van der Waals surface area (Å²) in [6.07, 6.45) is 7.15. The number of pyridine rings is 1. The van der Waals surface area contributed by atoms with E-state index in [1.54, 1.807) is 0 Å². The van der Waals surface area contributed by atoms with Crippen molar-refractivity contribution in [2.45, 2.75) is 53.0 Å². The standard InChI is InChI=1S/C18H31N3/c1-4-9-19-14-17-13-18(7-10-20-17)21-11-5-6-16(8-12-21)15(2)3/h7,10,13,15-16,19H,4-6,8-9,11-12,14H2,1-3H3. The van der Waals surface area contributed by atoms with Crippen molar-refractivity contribution < 1.29 is 0 Å². The molecule has 2 rings (SSSR count). The first-order chi connectivity index (χ1) is 10.2. The lowest BCUT2D eigenvalue weighted by atomic mass is 9.89. The van der Waals surface area contributed by atoms with Crippen LogP contribution in [0.5, 0.6) is 0 Å². The first-order valence-electron chi connectivity index (χ1n) is 8.61. The molecule has 1 N–H and O–H groups in total. The largest absolute Gasteiger partial charge is 0.371 e. The predicted molar refractivity (Wildman–Crippen MR) is 90.6 cm³/mol. The molecule has 1 aliphatic heterocycles. The Kier molecular flexibility index (Phi) is 6.50. The molecule has 1 saturated heterocycles. The van der Waals surface area contributed by atoms with E-state index in [9.17, 15) is 0 Å². The smallest absolute Gasteiger partial charge is 0.0562 e. The number of rotatable bonds is 6. The van der Waals surface area contributed by atoms with E-state index >= 15 is 0 Å². The number of aromatic nitrogens is 1. The monoisotopic (exact) mass is 289 g/mol. The highest BCUT2D eigenvalue weighted by Gasteiger charge is 2.19. The fourth-order valence-corrected chi connectivity index (χ4v) is 3.20. The molecule has 1 atom stereocenters. The summed E-state index contributed by atoms with van der Waals surface area (Å²) in [6.45, 7) is 11.2. The highest BCUT2D eigenvalue weighted by Crippen LogP contribution is 2.27. The molecule has 1 aromatic heterocycles. The first kappa shape index (κ1) is 16.3. The Morgan fingerprint density at radius 1 is 1.33 bits per heavy atom. The fourth-order valence-electron chi connectivity index (χ4n) is 3.20. The summed E-state index contributed by atoms with van der Waals surface area (Å²) in [6, 6.07) is 4.43. The molecule has 3 heteroatoms. The zero-order valence-electron chi connectivity index (χ0n) is 13.9. The molecule has 0 amide bonds. The molecule has 118 valence electrons. The molecule has 0 spiro atoms. The molecule has 2 heterocycles. The van der Waals surface area contributed by atoms with Crippen LogP contribution in [-0.2, 0) is 6.54 Å². The minimum atomic E-state index is 0.816. The molecule has 1 aliphatic rings. The minimum Gasteiger partial charge on any atom is -0.371 e. The van der Waals surface area contributed by atoms with Gasteiger partial charge >= 0.3 is 0 Å². The van der Waals surface area contributed by atoms with E-state index in [1.807, 2.05) is 6.20 Å². The van der Waals surface area contributed by atoms with E-state index in [2.05, 4.69) is 48.1 Å². The molecule has 21 heavy (non-hydrogen) atoms. The van der Waals surface area contributed by atoms with Crippen molar-refractivity contribution >= 4 is 5.69 Å². The van der Waals surface area contributed by atoms with Gasteiger partial charge in [-0.1, -0.05) is 20.8 Å². The van der Waals surface area contributed by atoms with Crippen LogP contribution in [0.15, 0.2) is 18.3 Å². The molecule has 1 unspecified atom stereocenters. The highest BCUT2D eigenvalue weighted by molar-refractivity contribution is 5.46. The molecule has 0 bridgehead atoms. The second-order valence-electron chi connectivity index (χ2n) is 6.60. The van der Waals surface area contributed by atoms with Crippen molar-refractivity contribution in [3.63, 3.8) is 0 Å². The maximum atomic E-state index is 4.48. The summed E-state index contributed by atoms with van der Waals surface area (Å²) in [5.41, 5.74) is 2.51. The lowest BCUT2D eigenvalue weighted by Gasteiger charge is -2.24. The second kappa shape index (κ2) is 8.38. The summed E-state index contributed by atoms with van der Waals surface area (Å²) in [7, 11) is 0. The number of anilines is 1. The quantitative estimate of drug-likeness (QED) is 0.806. The maximum absolute atomic E-state index is 4.48. The van der Waals surface area contributed by atoms with Crippen LogP contribution in [0.3, 0.4) is 0 Å². The highest BCUT2D eigenvalue weighted by atomic mass is 15.1. The zero-order chi connectivity index (χ0) is 15.1. The van der Waals surface area contributed by atoms with Gasteiger partial charge < -0.3 is 10.2 Å². The predicted octanol–water partition coefficient (Wildman–Crippen LogP) is 3.84. The molecule has 1 fully saturated rings. The minimum absolute atomic E-state index is 0.816. The van der Waals surface area contributed by atoms with Gasteiger partial charge in [-0.3, -0.25) is 4.98 Å². The van der Waals surface area contributed by atoms with Crippen LogP contribution in [0.25, 0.3) is 0 Å². The fraction of sp³-hybridized carbons (Fsp3) is 0.722. The lowest BCUT2D eigenvalue weighted by Crippen LogP contribution is -2.25. The van der Waals surface area contributed by atoms with Gasteiger partial charge in [0.25, 0.3) is 0 Å². The van der Waals surface area contributed by atoms with Crippen LogP contribution in [0.2, 0.25) is 0 Å². The number of nitrogens with zero attached hydrogens (tertiary/aromatic N) is 2. The van der Waals surface area contributed by atoms with E-state index < -0.39 is 0 Å². The molecular weight excluding hydrogens is 258 g/mol. The van der Waals surface area contributed by atoms with Gasteiger partial charge in [0.1, 0.15) is 0 Å². The van der Waals surface area contributed by atoms with Gasteiger partial charge in [-0.2, -0.15) is 0 Å². The summed E-state index contributed by atoms with van der Waals surface area (Å²) in [5, 5.41) is 3.43. The van der Waals surface area contributed by atoms with Crippen LogP contribution in [0.4, 0.5) is 5.69 Å². The lowest BCUT2D eigenvalue weighted by molar-refractivity contribution is 0.351. The zero-order valence-corrected chi connectivity index (χ0v) is 13.9. The number of hydrogen-bond donors (Lipinski definition) is 1. The van der Waals surface area contributed by atoms with Crippen molar-refractivity contribution in [3.05, 3.63) is 24.0 Å². The van der Waals surface area contributed by atoms with Crippen molar-refractivity contribution in [2.24, 2.45) is 11.8 Å². The normalized spacial score (nSPS) is 19.8. The molecule has 0 radical (unpaired) electrons. The Hall–Kier alpha value is -1.09. The van der Waals surface area contributed by atoms with Gasteiger partial charge in [0.15, 0.2) is 0 Å². The Morgan fingerprint density at radius 2 is 2.19 bits per heavy atom. The summed E-state index contributed by atoms with van der Waals surface area (Å²) in [5.74, 6) is 1.71. The van der Waals surface area contributed by atoms with Crippen LogP contribution >= 0.6 is 0 Å². The SMILES string of the molecule is CCCNCc1cc(N2CCCC(C(C)C)CC2)ccn1. The summed E-state index contributed by atoms with van der Waals surface area (Å²) < 4.78 is 0. The third kappa shape index (κ3) is 4.99.